The van der Waals surface area contributed by atoms with Gasteiger partial charge >= 0.3 is 0 Å². The first-order valence-electron chi connectivity index (χ1n) is 10.6. The van der Waals surface area contributed by atoms with E-state index < -0.39 is 5.82 Å². The Morgan fingerprint density at radius 3 is 2.88 bits per heavy atom. The molecule has 2 aromatic carbocycles. The molecular formula is C24H23ClFN5O3. The van der Waals surface area contributed by atoms with E-state index in [4.69, 9.17) is 21.1 Å². The molecule has 10 heteroatoms. The number of amides is 1. The second kappa shape index (κ2) is 10.1. The van der Waals surface area contributed by atoms with Crippen LogP contribution in [0.15, 0.2) is 30.5 Å². The highest BCUT2D eigenvalue weighted by atomic mass is 35.5. The van der Waals surface area contributed by atoms with Crippen molar-refractivity contribution in [1.82, 2.24) is 15.2 Å². The fourth-order valence-electron chi connectivity index (χ4n) is 3.79. The summed E-state index contributed by atoms with van der Waals surface area (Å²) in [6.45, 7) is 1.19. The zero-order valence-corrected chi connectivity index (χ0v) is 19.5. The number of likely N-dealkylation sites (N-methyl/N-ethyl adjacent to an activating group) is 1. The lowest BCUT2D eigenvalue weighted by Gasteiger charge is -2.21. The Morgan fingerprint density at radius 2 is 2.12 bits per heavy atom. The molecular weight excluding hydrogens is 461 g/mol. The Morgan fingerprint density at radius 1 is 1.29 bits per heavy atom. The standard InChI is InChI=1S/C24H23ClFN5O3/c1-31-12-14-6-18(26)17(25)8-19(14)30-24-15(10-27)11-29-20-9-21(33-2)22(7-16(20)24)34-5-3-4-28-23(32)13-31/h6-9,11,30H,3-5,12-13H2,1-2H3,(H,28,32). The van der Waals surface area contributed by atoms with Gasteiger partial charge < -0.3 is 20.1 Å². The van der Waals surface area contributed by atoms with Crippen molar-refractivity contribution in [2.24, 2.45) is 0 Å². The second-order valence-corrected chi connectivity index (χ2v) is 8.36. The van der Waals surface area contributed by atoms with Gasteiger partial charge in [0, 0.05) is 36.4 Å². The number of nitrogens with one attached hydrogen (secondary N) is 2. The zero-order valence-electron chi connectivity index (χ0n) is 18.7. The zero-order chi connectivity index (χ0) is 24.2. The number of hydrogen-bond donors (Lipinski definition) is 2. The van der Waals surface area contributed by atoms with Crippen molar-refractivity contribution >= 4 is 39.8 Å². The number of pyridine rings is 1. The third kappa shape index (κ3) is 4.98. The highest BCUT2D eigenvalue weighted by Crippen LogP contribution is 2.38. The minimum absolute atomic E-state index is 0.0661. The van der Waals surface area contributed by atoms with Crippen LogP contribution in [-0.2, 0) is 11.3 Å². The predicted octanol–water partition coefficient (Wildman–Crippen LogP) is 3.98. The van der Waals surface area contributed by atoms with Crippen LogP contribution in [0.25, 0.3) is 10.9 Å². The SMILES string of the molecule is COc1cc2ncc(C#N)c3c2cc1OCCCNC(=O)CN(C)Cc1cc(F)c(Cl)cc1N3. The molecule has 0 unspecified atom stereocenters. The van der Waals surface area contributed by atoms with E-state index in [-0.39, 0.29) is 24.0 Å². The maximum Gasteiger partial charge on any atom is 0.234 e. The third-order valence-corrected chi connectivity index (χ3v) is 5.72. The van der Waals surface area contributed by atoms with Gasteiger partial charge in [0.1, 0.15) is 11.9 Å². The molecule has 2 bridgehead atoms. The lowest BCUT2D eigenvalue weighted by atomic mass is 10.1. The highest BCUT2D eigenvalue weighted by molar-refractivity contribution is 6.31. The summed E-state index contributed by atoms with van der Waals surface area (Å²) in [5.41, 5.74) is 2.45. The summed E-state index contributed by atoms with van der Waals surface area (Å²) < 4.78 is 25.8. The quantitative estimate of drug-likeness (QED) is 0.540. The molecule has 0 aliphatic carbocycles. The molecule has 0 saturated heterocycles. The van der Waals surface area contributed by atoms with Gasteiger partial charge in [-0.15, -0.1) is 0 Å². The van der Waals surface area contributed by atoms with Crippen LogP contribution in [0.3, 0.4) is 0 Å². The molecule has 4 rings (SSSR count). The van der Waals surface area contributed by atoms with E-state index in [9.17, 15) is 14.4 Å². The van der Waals surface area contributed by atoms with Crippen LogP contribution in [0.1, 0.15) is 17.5 Å². The molecule has 0 saturated carbocycles. The normalized spacial score (nSPS) is 15.1. The molecule has 34 heavy (non-hydrogen) atoms. The summed E-state index contributed by atoms with van der Waals surface area (Å²) in [7, 11) is 3.30. The predicted molar refractivity (Wildman–Crippen MR) is 127 cm³/mol. The monoisotopic (exact) mass is 483 g/mol. The molecule has 3 aromatic rings. The van der Waals surface area contributed by atoms with Crippen molar-refractivity contribution in [2.75, 3.05) is 39.2 Å². The van der Waals surface area contributed by atoms with Crippen LogP contribution in [0, 0.1) is 17.1 Å². The van der Waals surface area contributed by atoms with E-state index in [1.165, 1.54) is 25.4 Å². The smallest absolute Gasteiger partial charge is 0.234 e. The van der Waals surface area contributed by atoms with Crippen LogP contribution in [0.4, 0.5) is 15.8 Å². The van der Waals surface area contributed by atoms with Crippen LogP contribution < -0.4 is 20.1 Å². The first-order chi connectivity index (χ1) is 16.4. The summed E-state index contributed by atoms with van der Waals surface area (Å²) in [6.07, 6.45) is 2.05. The number of nitrogens with zero attached hydrogens (tertiary/aromatic N) is 3. The molecule has 2 heterocycles. The number of benzene rings is 2. The van der Waals surface area contributed by atoms with E-state index in [2.05, 4.69) is 21.7 Å². The van der Waals surface area contributed by atoms with Crippen LogP contribution in [-0.4, -0.2) is 49.6 Å². The first kappa shape index (κ1) is 23.5. The number of aromatic nitrogens is 1. The maximum absolute atomic E-state index is 14.4. The number of hydrogen-bond acceptors (Lipinski definition) is 7. The van der Waals surface area contributed by atoms with Gasteiger partial charge in [0.05, 0.1) is 42.1 Å². The van der Waals surface area contributed by atoms with E-state index in [0.29, 0.717) is 64.5 Å². The lowest BCUT2D eigenvalue weighted by Crippen LogP contribution is -2.35. The number of halogens is 2. The minimum atomic E-state index is -0.574. The molecule has 1 aliphatic heterocycles. The number of carbonyl (C=O) groups is 1. The molecule has 0 radical (unpaired) electrons. The Labute approximate surface area is 201 Å². The largest absolute Gasteiger partial charge is 0.493 e. The Balaban J connectivity index is 1.90. The van der Waals surface area contributed by atoms with E-state index in [1.54, 1.807) is 24.1 Å². The molecule has 1 aliphatic rings. The molecule has 0 atom stereocenters. The number of anilines is 2. The number of carbonyl (C=O) groups excluding carboxylic acids is 1. The third-order valence-electron chi connectivity index (χ3n) is 5.43. The van der Waals surface area contributed by atoms with Crippen molar-refractivity contribution in [3.63, 3.8) is 0 Å². The van der Waals surface area contributed by atoms with Gasteiger partial charge in [0.15, 0.2) is 11.5 Å². The van der Waals surface area contributed by atoms with Gasteiger partial charge in [-0.2, -0.15) is 5.26 Å². The van der Waals surface area contributed by atoms with Crippen molar-refractivity contribution in [2.45, 2.75) is 13.0 Å². The molecule has 1 aromatic heterocycles. The van der Waals surface area contributed by atoms with Crippen LogP contribution in [0.2, 0.25) is 5.02 Å². The van der Waals surface area contributed by atoms with Gasteiger partial charge in [-0.1, -0.05) is 11.6 Å². The summed E-state index contributed by atoms with van der Waals surface area (Å²) in [6, 6.07) is 8.44. The van der Waals surface area contributed by atoms with Gasteiger partial charge in [-0.3, -0.25) is 14.7 Å². The van der Waals surface area contributed by atoms with Gasteiger partial charge in [-0.05, 0) is 37.2 Å². The van der Waals surface area contributed by atoms with Crippen LogP contribution in [0.5, 0.6) is 11.5 Å². The van der Waals surface area contributed by atoms with Crippen LogP contribution >= 0.6 is 11.6 Å². The van der Waals surface area contributed by atoms with Gasteiger partial charge in [0.25, 0.3) is 0 Å². The highest BCUT2D eigenvalue weighted by Gasteiger charge is 2.18. The van der Waals surface area contributed by atoms with Crippen molar-refractivity contribution in [1.29, 1.82) is 5.26 Å². The van der Waals surface area contributed by atoms with E-state index >= 15 is 0 Å². The minimum Gasteiger partial charge on any atom is -0.493 e. The lowest BCUT2D eigenvalue weighted by molar-refractivity contribution is -0.122. The van der Waals surface area contributed by atoms with Crippen molar-refractivity contribution in [3.8, 4) is 17.6 Å². The fraction of sp³-hybridized carbons (Fsp3) is 0.292. The van der Waals surface area contributed by atoms with E-state index in [1.807, 2.05) is 0 Å². The fourth-order valence-corrected chi connectivity index (χ4v) is 3.96. The number of methoxy groups -OCH3 is 1. The molecule has 0 fully saturated rings. The number of ether oxygens (including phenoxy) is 2. The second-order valence-electron chi connectivity index (χ2n) is 7.95. The van der Waals surface area contributed by atoms with Crippen molar-refractivity contribution < 1.29 is 18.7 Å². The topological polar surface area (TPSA) is 99.5 Å². The van der Waals surface area contributed by atoms with Gasteiger partial charge in [-0.25, -0.2) is 4.39 Å². The summed E-state index contributed by atoms with van der Waals surface area (Å²) in [5, 5.41) is 16.4. The molecule has 1 amide bonds. The molecule has 176 valence electrons. The Hall–Kier alpha value is -3.61. The number of rotatable bonds is 1. The molecule has 2 N–H and O–H groups in total. The summed E-state index contributed by atoms with van der Waals surface area (Å²) >= 11 is 6.09. The average Bonchev–Trinajstić information content (AvgIpc) is 2.81. The van der Waals surface area contributed by atoms with Gasteiger partial charge in [0.2, 0.25) is 5.91 Å². The average molecular weight is 484 g/mol. The molecule has 0 spiro atoms. The number of nitriles is 1. The Kier molecular flexibility index (Phi) is 7.01. The number of fused-ring (bicyclic) bond motifs is 2. The summed E-state index contributed by atoms with van der Waals surface area (Å²) in [4.78, 5) is 18.5. The molecule has 8 nitrogen and oxygen atoms in total. The van der Waals surface area contributed by atoms with Crippen molar-refractivity contribution in [3.05, 3.63) is 52.4 Å². The Bertz CT molecular complexity index is 1290. The maximum atomic E-state index is 14.4. The van der Waals surface area contributed by atoms with E-state index in [0.717, 1.165) is 0 Å². The first-order valence-corrected chi connectivity index (χ1v) is 11.0. The summed E-state index contributed by atoms with van der Waals surface area (Å²) in [5.74, 6) is 0.245.